The average molecular weight is 343 g/mol. The van der Waals surface area contributed by atoms with E-state index >= 15 is 0 Å². The SMILES string of the molecule is COC(=O)c1ccnc(-c2cn(C)nc2-c2ccc(N)c(Cl)c2)c1. The van der Waals surface area contributed by atoms with Gasteiger partial charge >= 0.3 is 5.97 Å². The highest BCUT2D eigenvalue weighted by Gasteiger charge is 2.16. The third kappa shape index (κ3) is 2.96. The molecular formula is C17H15ClN4O2. The Balaban J connectivity index is 2.13. The highest BCUT2D eigenvalue weighted by Crippen LogP contribution is 2.33. The number of esters is 1. The summed E-state index contributed by atoms with van der Waals surface area (Å²) in [4.78, 5) is 16.1. The number of carbonyl (C=O) groups excluding carboxylic acids is 1. The summed E-state index contributed by atoms with van der Waals surface area (Å²) in [6.45, 7) is 0. The van der Waals surface area contributed by atoms with Gasteiger partial charge in [0.1, 0.15) is 5.69 Å². The Morgan fingerprint density at radius 3 is 2.79 bits per heavy atom. The second-order valence-corrected chi connectivity index (χ2v) is 5.63. The van der Waals surface area contributed by atoms with Crippen molar-refractivity contribution in [2.45, 2.75) is 0 Å². The third-order valence-corrected chi connectivity index (χ3v) is 3.89. The number of nitrogen functional groups attached to an aromatic ring is 1. The van der Waals surface area contributed by atoms with Crippen molar-refractivity contribution in [1.82, 2.24) is 14.8 Å². The van der Waals surface area contributed by atoms with E-state index in [1.165, 1.54) is 7.11 Å². The molecule has 0 aliphatic carbocycles. The number of carbonyl (C=O) groups is 1. The van der Waals surface area contributed by atoms with Crippen LogP contribution in [0.25, 0.3) is 22.5 Å². The van der Waals surface area contributed by atoms with E-state index in [1.54, 1.807) is 35.1 Å². The lowest BCUT2D eigenvalue weighted by atomic mass is 10.0. The summed E-state index contributed by atoms with van der Waals surface area (Å²) in [5.41, 5.74) is 9.61. The van der Waals surface area contributed by atoms with Crippen molar-refractivity contribution < 1.29 is 9.53 Å². The predicted molar refractivity (Wildman–Crippen MR) is 92.6 cm³/mol. The van der Waals surface area contributed by atoms with Crippen LogP contribution < -0.4 is 5.73 Å². The minimum absolute atomic E-state index is 0.417. The second-order valence-electron chi connectivity index (χ2n) is 5.22. The summed E-state index contributed by atoms with van der Waals surface area (Å²) < 4.78 is 6.44. The first-order valence-corrected chi connectivity index (χ1v) is 7.51. The number of benzene rings is 1. The first-order chi connectivity index (χ1) is 11.5. The maximum absolute atomic E-state index is 11.7. The van der Waals surface area contributed by atoms with Crippen molar-refractivity contribution in [3.63, 3.8) is 0 Å². The van der Waals surface area contributed by atoms with Crippen molar-refractivity contribution >= 4 is 23.3 Å². The molecule has 0 aliphatic heterocycles. The molecule has 0 spiro atoms. The number of ether oxygens (including phenoxy) is 1. The summed E-state index contributed by atoms with van der Waals surface area (Å²) in [5, 5.41) is 4.94. The molecule has 3 rings (SSSR count). The van der Waals surface area contributed by atoms with Crippen LogP contribution in [0.1, 0.15) is 10.4 Å². The average Bonchev–Trinajstić information content (AvgIpc) is 2.98. The Morgan fingerprint density at radius 1 is 1.29 bits per heavy atom. The number of aryl methyl sites for hydroxylation is 1. The van der Waals surface area contributed by atoms with Crippen LogP contribution in [0.2, 0.25) is 5.02 Å². The lowest BCUT2D eigenvalue weighted by Gasteiger charge is -2.06. The normalized spacial score (nSPS) is 10.6. The lowest BCUT2D eigenvalue weighted by molar-refractivity contribution is 0.0600. The smallest absolute Gasteiger partial charge is 0.337 e. The molecule has 0 atom stereocenters. The quantitative estimate of drug-likeness (QED) is 0.584. The molecule has 122 valence electrons. The fourth-order valence-electron chi connectivity index (χ4n) is 2.39. The summed E-state index contributed by atoms with van der Waals surface area (Å²) in [6, 6.07) is 8.61. The first-order valence-electron chi connectivity index (χ1n) is 7.13. The molecule has 0 saturated carbocycles. The maximum atomic E-state index is 11.7. The largest absolute Gasteiger partial charge is 0.465 e. The number of aromatic nitrogens is 3. The van der Waals surface area contributed by atoms with Gasteiger partial charge in [0.05, 0.1) is 29.1 Å². The van der Waals surface area contributed by atoms with Crippen molar-refractivity contribution in [3.8, 4) is 22.5 Å². The molecule has 7 heteroatoms. The molecule has 0 bridgehead atoms. The van der Waals surface area contributed by atoms with Crippen LogP contribution >= 0.6 is 11.6 Å². The maximum Gasteiger partial charge on any atom is 0.337 e. The molecule has 2 aromatic heterocycles. The van der Waals surface area contributed by atoms with Crippen LogP contribution in [0, 0.1) is 0 Å². The molecule has 0 saturated heterocycles. The number of hydrogen-bond acceptors (Lipinski definition) is 5. The summed E-state index contributed by atoms with van der Waals surface area (Å²) in [5.74, 6) is -0.417. The molecule has 2 heterocycles. The zero-order valence-electron chi connectivity index (χ0n) is 13.2. The van der Waals surface area contributed by atoms with Crippen molar-refractivity contribution in [2.75, 3.05) is 12.8 Å². The van der Waals surface area contributed by atoms with Gasteiger partial charge in [-0.2, -0.15) is 5.10 Å². The number of pyridine rings is 1. The Kier molecular flexibility index (Phi) is 4.22. The van der Waals surface area contributed by atoms with E-state index < -0.39 is 5.97 Å². The molecule has 2 N–H and O–H groups in total. The van der Waals surface area contributed by atoms with Gasteiger partial charge in [0.15, 0.2) is 0 Å². The van der Waals surface area contributed by atoms with E-state index in [0.29, 0.717) is 27.7 Å². The van der Waals surface area contributed by atoms with Crippen LogP contribution in [0.5, 0.6) is 0 Å². The van der Waals surface area contributed by atoms with Gasteiger partial charge in [-0.25, -0.2) is 4.79 Å². The minimum Gasteiger partial charge on any atom is -0.465 e. The van der Waals surface area contributed by atoms with Gasteiger partial charge in [-0.15, -0.1) is 0 Å². The van der Waals surface area contributed by atoms with E-state index in [1.807, 2.05) is 19.3 Å². The number of hydrogen-bond donors (Lipinski definition) is 1. The fourth-order valence-corrected chi connectivity index (χ4v) is 2.57. The molecule has 1 aromatic carbocycles. The number of rotatable bonds is 3. The highest BCUT2D eigenvalue weighted by atomic mass is 35.5. The molecule has 0 aliphatic rings. The van der Waals surface area contributed by atoms with Gasteiger partial charge in [0.25, 0.3) is 0 Å². The number of nitrogens with zero attached hydrogens (tertiary/aromatic N) is 3. The molecule has 3 aromatic rings. The number of nitrogens with two attached hydrogens (primary N) is 1. The van der Waals surface area contributed by atoms with Crippen molar-refractivity contribution in [3.05, 3.63) is 53.3 Å². The molecular weight excluding hydrogens is 328 g/mol. The highest BCUT2D eigenvalue weighted by molar-refractivity contribution is 6.33. The Hall–Kier alpha value is -2.86. The molecule has 24 heavy (non-hydrogen) atoms. The predicted octanol–water partition coefficient (Wildman–Crippen LogP) is 3.17. The lowest BCUT2D eigenvalue weighted by Crippen LogP contribution is -2.01. The standard InChI is InChI=1S/C17H15ClN4O2/c1-22-9-12(15-8-11(5-6-20-15)17(23)24-2)16(21-22)10-3-4-14(19)13(18)7-10/h3-9H,19H2,1-2H3. The van der Waals surface area contributed by atoms with Gasteiger partial charge in [0, 0.05) is 30.6 Å². The van der Waals surface area contributed by atoms with Crippen molar-refractivity contribution in [2.24, 2.45) is 7.05 Å². The zero-order chi connectivity index (χ0) is 17.3. The number of halogens is 1. The molecule has 0 radical (unpaired) electrons. The van der Waals surface area contributed by atoms with Crippen LogP contribution in [-0.4, -0.2) is 27.8 Å². The second kappa shape index (κ2) is 6.33. The van der Waals surface area contributed by atoms with Gasteiger partial charge in [0.2, 0.25) is 0 Å². The van der Waals surface area contributed by atoms with E-state index in [4.69, 9.17) is 22.1 Å². The molecule has 0 amide bonds. The monoisotopic (exact) mass is 342 g/mol. The van der Waals surface area contributed by atoms with Crippen LogP contribution in [0.15, 0.2) is 42.7 Å². The number of anilines is 1. The van der Waals surface area contributed by atoms with Gasteiger partial charge in [-0.1, -0.05) is 17.7 Å². The molecule has 0 fully saturated rings. The van der Waals surface area contributed by atoms with Gasteiger partial charge in [-0.05, 0) is 24.3 Å². The van der Waals surface area contributed by atoms with E-state index in [9.17, 15) is 4.79 Å². The summed E-state index contributed by atoms with van der Waals surface area (Å²) >= 11 is 6.12. The van der Waals surface area contributed by atoms with E-state index in [0.717, 1.165) is 11.1 Å². The van der Waals surface area contributed by atoms with Gasteiger partial charge < -0.3 is 10.5 Å². The number of methoxy groups -OCH3 is 1. The van der Waals surface area contributed by atoms with Crippen LogP contribution in [0.4, 0.5) is 5.69 Å². The van der Waals surface area contributed by atoms with E-state index in [-0.39, 0.29) is 0 Å². The van der Waals surface area contributed by atoms with Crippen LogP contribution in [0.3, 0.4) is 0 Å². The Labute approximate surface area is 143 Å². The first kappa shape index (κ1) is 16.0. The Bertz CT molecular complexity index is 921. The summed E-state index contributed by atoms with van der Waals surface area (Å²) in [6.07, 6.45) is 3.40. The van der Waals surface area contributed by atoms with Gasteiger partial charge in [-0.3, -0.25) is 9.67 Å². The minimum atomic E-state index is -0.417. The third-order valence-electron chi connectivity index (χ3n) is 3.56. The van der Waals surface area contributed by atoms with Crippen LogP contribution in [-0.2, 0) is 11.8 Å². The zero-order valence-corrected chi connectivity index (χ0v) is 13.9. The van der Waals surface area contributed by atoms with E-state index in [2.05, 4.69) is 10.1 Å². The topological polar surface area (TPSA) is 83.0 Å². The molecule has 0 unspecified atom stereocenters. The summed E-state index contributed by atoms with van der Waals surface area (Å²) in [7, 11) is 3.16. The fraction of sp³-hybridized carbons (Fsp3) is 0.118. The van der Waals surface area contributed by atoms with Crippen molar-refractivity contribution in [1.29, 1.82) is 0 Å². The Morgan fingerprint density at radius 2 is 2.08 bits per heavy atom. The molecule has 6 nitrogen and oxygen atoms in total.